The first-order chi connectivity index (χ1) is 9.69. The van der Waals surface area contributed by atoms with Gasteiger partial charge < -0.3 is 15.4 Å². The smallest absolute Gasteiger partial charge is 0.319 e. The van der Waals surface area contributed by atoms with Crippen LogP contribution in [0.4, 0.5) is 10.5 Å². The molecule has 0 radical (unpaired) electrons. The van der Waals surface area contributed by atoms with E-state index in [2.05, 4.69) is 26.6 Å². The fourth-order valence-corrected chi connectivity index (χ4v) is 1.96. The zero-order valence-electron chi connectivity index (χ0n) is 11.0. The molecule has 2 aromatic rings. The van der Waals surface area contributed by atoms with Gasteiger partial charge in [-0.25, -0.2) is 4.79 Å². The highest BCUT2D eigenvalue weighted by Gasteiger charge is 2.06. The number of anilines is 1. The molecule has 0 aromatic heterocycles. The van der Waals surface area contributed by atoms with E-state index in [9.17, 15) is 4.79 Å². The number of hydrogen-bond donors (Lipinski definition) is 2. The number of hydrogen-bond acceptors (Lipinski definition) is 2. The van der Waals surface area contributed by atoms with Crippen molar-refractivity contribution in [3.8, 4) is 5.75 Å². The van der Waals surface area contributed by atoms with Gasteiger partial charge in [0.05, 0.1) is 12.8 Å². The quantitative estimate of drug-likeness (QED) is 0.893. The van der Waals surface area contributed by atoms with E-state index in [4.69, 9.17) is 4.74 Å². The van der Waals surface area contributed by atoms with Crippen molar-refractivity contribution in [2.45, 2.75) is 6.54 Å². The van der Waals surface area contributed by atoms with Crippen LogP contribution in [0, 0.1) is 0 Å². The summed E-state index contributed by atoms with van der Waals surface area (Å²) in [5.41, 5.74) is 1.67. The molecule has 2 amide bonds. The van der Waals surface area contributed by atoms with Crippen LogP contribution in [-0.4, -0.2) is 13.1 Å². The lowest BCUT2D eigenvalue weighted by molar-refractivity contribution is 0.251. The third-order valence-electron chi connectivity index (χ3n) is 2.72. The minimum absolute atomic E-state index is 0.266. The van der Waals surface area contributed by atoms with Crippen molar-refractivity contribution in [1.82, 2.24) is 5.32 Å². The molecule has 0 aliphatic rings. The van der Waals surface area contributed by atoms with Crippen LogP contribution in [-0.2, 0) is 6.54 Å². The Bertz CT molecular complexity index is 585. The van der Waals surface area contributed by atoms with Crippen LogP contribution in [0.2, 0.25) is 0 Å². The second-order valence-corrected chi connectivity index (χ2v) is 5.05. The van der Waals surface area contributed by atoms with Gasteiger partial charge in [-0.3, -0.25) is 0 Å². The minimum Gasteiger partial charge on any atom is -0.495 e. The second-order valence-electron chi connectivity index (χ2n) is 4.13. The summed E-state index contributed by atoms with van der Waals surface area (Å²) in [6.07, 6.45) is 0. The number of amides is 2. The lowest BCUT2D eigenvalue weighted by Gasteiger charge is -2.11. The normalized spacial score (nSPS) is 9.90. The van der Waals surface area contributed by atoms with E-state index in [1.54, 1.807) is 19.2 Å². The molecule has 0 aliphatic carbocycles. The number of benzene rings is 2. The summed E-state index contributed by atoms with van der Waals surface area (Å²) in [4.78, 5) is 11.8. The predicted molar refractivity (Wildman–Crippen MR) is 83.0 cm³/mol. The van der Waals surface area contributed by atoms with Gasteiger partial charge in [0, 0.05) is 11.0 Å². The molecule has 2 rings (SSSR count). The van der Waals surface area contributed by atoms with Crippen molar-refractivity contribution >= 4 is 27.6 Å². The highest BCUT2D eigenvalue weighted by Crippen LogP contribution is 2.22. The molecule has 2 N–H and O–H groups in total. The molecule has 2 aromatic carbocycles. The predicted octanol–water partition coefficient (Wildman–Crippen LogP) is 3.78. The number of carbonyl (C=O) groups excluding carboxylic acids is 1. The Kier molecular flexibility index (Phi) is 5.01. The van der Waals surface area contributed by atoms with E-state index in [0.29, 0.717) is 18.0 Å². The molecule has 0 atom stereocenters. The molecule has 104 valence electrons. The fourth-order valence-electron chi connectivity index (χ4n) is 1.70. The number of rotatable bonds is 4. The van der Waals surface area contributed by atoms with E-state index in [0.717, 1.165) is 10.0 Å². The Hall–Kier alpha value is -2.01. The number of carbonyl (C=O) groups is 1. The van der Waals surface area contributed by atoms with Crippen molar-refractivity contribution in [3.05, 3.63) is 58.6 Å². The molecule has 0 aliphatic heterocycles. The van der Waals surface area contributed by atoms with Gasteiger partial charge in [-0.2, -0.15) is 0 Å². The van der Waals surface area contributed by atoms with Gasteiger partial charge >= 0.3 is 6.03 Å². The van der Waals surface area contributed by atoms with Crippen molar-refractivity contribution in [1.29, 1.82) is 0 Å². The van der Waals surface area contributed by atoms with Gasteiger partial charge in [-0.1, -0.05) is 40.2 Å². The average molecular weight is 335 g/mol. The van der Waals surface area contributed by atoms with E-state index in [-0.39, 0.29) is 6.03 Å². The minimum atomic E-state index is -0.266. The van der Waals surface area contributed by atoms with E-state index < -0.39 is 0 Å². The number of methoxy groups -OCH3 is 1. The van der Waals surface area contributed by atoms with Gasteiger partial charge in [0.25, 0.3) is 0 Å². The largest absolute Gasteiger partial charge is 0.495 e. The summed E-state index contributed by atoms with van der Waals surface area (Å²) in [6, 6.07) is 14.8. The Balaban J connectivity index is 1.91. The van der Waals surface area contributed by atoms with Crippen molar-refractivity contribution in [2.24, 2.45) is 0 Å². The topological polar surface area (TPSA) is 50.4 Å². The SMILES string of the molecule is COc1ccccc1NC(=O)NCc1ccc(Br)cc1. The van der Waals surface area contributed by atoms with E-state index in [1.165, 1.54) is 0 Å². The van der Waals surface area contributed by atoms with Gasteiger partial charge in [-0.15, -0.1) is 0 Å². The van der Waals surface area contributed by atoms with Gasteiger partial charge in [-0.05, 0) is 29.8 Å². The molecule has 0 fully saturated rings. The Morgan fingerprint density at radius 2 is 1.85 bits per heavy atom. The second kappa shape index (κ2) is 6.96. The van der Waals surface area contributed by atoms with Crippen molar-refractivity contribution in [2.75, 3.05) is 12.4 Å². The summed E-state index contributed by atoms with van der Waals surface area (Å²) in [6.45, 7) is 0.467. The summed E-state index contributed by atoms with van der Waals surface area (Å²) >= 11 is 3.37. The average Bonchev–Trinajstić information content (AvgIpc) is 2.47. The standard InChI is InChI=1S/C15H15BrN2O2/c1-20-14-5-3-2-4-13(14)18-15(19)17-10-11-6-8-12(16)9-7-11/h2-9H,10H2,1H3,(H2,17,18,19). The maximum absolute atomic E-state index is 11.8. The van der Waals surface area contributed by atoms with Crippen LogP contribution < -0.4 is 15.4 Å². The third kappa shape index (κ3) is 3.99. The Morgan fingerprint density at radius 3 is 2.55 bits per heavy atom. The lowest BCUT2D eigenvalue weighted by atomic mass is 10.2. The zero-order chi connectivity index (χ0) is 14.4. The molecule has 0 spiro atoms. The lowest BCUT2D eigenvalue weighted by Crippen LogP contribution is -2.28. The summed E-state index contributed by atoms with van der Waals surface area (Å²) in [7, 11) is 1.57. The molecule has 4 nitrogen and oxygen atoms in total. The Morgan fingerprint density at radius 1 is 1.15 bits per heavy atom. The molecular formula is C15H15BrN2O2. The van der Waals surface area contributed by atoms with Gasteiger partial charge in [0.2, 0.25) is 0 Å². The molecule has 0 unspecified atom stereocenters. The number of urea groups is 1. The van der Waals surface area contributed by atoms with Crippen LogP contribution in [0.3, 0.4) is 0 Å². The zero-order valence-corrected chi connectivity index (χ0v) is 12.6. The number of para-hydroxylation sites is 2. The fraction of sp³-hybridized carbons (Fsp3) is 0.133. The first-order valence-corrected chi connectivity index (χ1v) is 6.90. The van der Waals surface area contributed by atoms with Gasteiger partial charge in [0.1, 0.15) is 5.75 Å². The molecule has 0 saturated carbocycles. The van der Waals surface area contributed by atoms with E-state index >= 15 is 0 Å². The summed E-state index contributed by atoms with van der Waals surface area (Å²) in [5, 5.41) is 5.56. The molecule has 0 bridgehead atoms. The third-order valence-corrected chi connectivity index (χ3v) is 3.25. The Labute approximate surface area is 126 Å². The van der Waals surface area contributed by atoms with Crippen LogP contribution in [0.15, 0.2) is 53.0 Å². The van der Waals surface area contributed by atoms with Crippen LogP contribution in [0.5, 0.6) is 5.75 Å². The highest BCUT2D eigenvalue weighted by atomic mass is 79.9. The highest BCUT2D eigenvalue weighted by molar-refractivity contribution is 9.10. The number of ether oxygens (including phenoxy) is 1. The first-order valence-electron chi connectivity index (χ1n) is 6.11. The molecule has 0 saturated heterocycles. The molecular weight excluding hydrogens is 320 g/mol. The molecule has 20 heavy (non-hydrogen) atoms. The molecule has 5 heteroatoms. The monoisotopic (exact) mass is 334 g/mol. The first kappa shape index (κ1) is 14.4. The van der Waals surface area contributed by atoms with Crippen LogP contribution in [0.25, 0.3) is 0 Å². The number of nitrogens with one attached hydrogen (secondary N) is 2. The van der Waals surface area contributed by atoms with Crippen molar-refractivity contribution in [3.63, 3.8) is 0 Å². The molecule has 0 heterocycles. The maximum Gasteiger partial charge on any atom is 0.319 e. The van der Waals surface area contributed by atoms with Gasteiger partial charge in [0.15, 0.2) is 0 Å². The number of halogens is 1. The van der Waals surface area contributed by atoms with Crippen molar-refractivity contribution < 1.29 is 9.53 Å². The van der Waals surface area contributed by atoms with Crippen LogP contribution in [0.1, 0.15) is 5.56 Å². The van der Waals surface area contributed by atoms with Crippen LogP contribution >= 0.6 is 15.9 Å². The maximum atomic E-state index is 11.8. The van der Waals surface area contributed by atoms with E-state index in [1.807, 2.05) is 36.4 Å². The summed E-state index contributed by atoms with van der Waals surface area (Å²) < 4.78 is 6.19. The summed E-state index contributed by atoms with van der Waals surface area (Å²) in [5.74, 6) is 0.631.